The van der Waals surface area contributed by atoms with Gasteiger partial charge in [0.25, 0.3) is 0 Å². The maximum Gasteiger partial charge on any atom is 0.307 e. The van der Waals surface area contributed by atoms with E-state index >= 15 is 0 Å². The van der Waals surface area contributed by atoms with E-state index in [-0.39, 0.29) is 29.7 Å². The van der Waals surface area contributed by atoms with Gasteiger partial charge in [-0.2, -0.15) is 11.8 Å². The molecule has 3 aliphatic carbocycles. The van der Waals surface area contributed by atoms with Crippen molar-refractivity contribution in [1.82, 2.24) is 5.32 Å². The summed E-state index contributed by atoms with van der Waals surface area (Å²) in [6.45, 7) is 0. The van der Waals surface area contributed by atoms with E-state index in [2.05, 4.69) is 11.6 Å². The summed E-state index contributed by atoms with van der Waals surface area (Å²) >= 11 is 1.87. The minimum absolute atomic E-state index is 0.0361. The Morgan fingerprint density at radius 1 is 1.14 bits per heavy atom. The summed E-state index contributed by atoms with van der Waals surface area (Å²) in [6.07, 6.45) is 11.4. The second-order valence-electron chi connectivity index (χ2n) is 6.57. The Hall–Kier alpha value is -0.970. The Balaban J connectivity index is 1.65. The number of hydrogen-bond acceptors (Lipinski definition) is 3. The first-order valence-corrected chi connectivity index (χ1v) is 9.13. The Labute approximate surface area is 129 Å². The first-order chi connectivity index (χ1) is 10.1. The van der Waals surface area contributed by atoms with Crippen LogP contribution in [0.4, 0.5) is 0 Å². The number of amides is 1. The molecule has 4 nitrogen and oxygen atoms in total. The smallest absolute Gasteiger partial charge is 0.307 e. The number of rotatable bonds is 4. The van der Waals surface area contributed by atoms with Crippen LogP contribution < -0.4 is 5.32 Å². The number of nitrogens with one attached hydrogen (secondary N) is 1. The second-order valence-corrected chi connectivity index (χ2v) is 7.71. The molecular formula is C16H23NO3S. The molecule has 0 aromatic rings. The lowest BCUT2D eigenvalue weighted by atomic mass is 9.82. The van der Waals surface area contributed by atoms with E-state index in [1.165, 1.54) is 6.42 Å². The number of hydrogen-bond donors (Lipinski definition) is 2. The van der Waals surface area contributed by atoms with Crippen molar-refractivity contribution in [3.63, 3.8) is 0 Å². The van der Waals surface area contributed by atoms with Gasteiger partial charge in [-0.3, -0.25) is 9.59 Å². The van der Waals surface area contributed by atoms with Gasteiger partial charge < -0.3 is 10.4 Å². The average molecular weight is 309 g/mol. The van der Waals surface area contributed by atoms with Gasteiger partial charge >= 0.3 is 5.97 Å². The van der Waals surface area contributed by atoms with Crippen LogP contribution in [0.2, 0.25) is 0 Å². The summed E-state index contributed by atoms with van der Waals surface area (Å²) in [5.41, 5.74) is 0. The van der Waals surface area contributed by atoms with Crippen molar-refractivity contribution in [2.45, 2.75) is 43.4 Å². The molecule has 6 unspecified atom stereocenters. The van der Waals surface area contributed by atoms with E-state index in [9.17, 15) is 14.7 Å². The molecular weight excluding hydrogens is 286 g/mol. The third-order valence-electron chi connectivity index (χ3n) is 5.35. The summed E-state index contributed by atoms with van der Waals surface area (Å²) < 4.78 is 0. The number of carbonyl (C=O) groups is 2. The molecule has 0 radical (unpaired) electrons. The van der Waals surface area contributed by atoms with Crippen molar-refractivity contribution in [1.29, 1.82) is 0 Å². The lowest BCUT2D eigenvalue weighted by molar-refractivity contribution is -0.148. The van der Waals surface area contributed by atoms with Gasteiger partial charge in [-0.15, -0.1) is 0 Å². The molecule has 6 atom stereocenters. The molecule has 2 fully saturated rings. The van der Waals surface area contributed by atoms with Crippen LogP contribution in [0.25, 0.3) is 0 Å². The summed E-state index contributed by atoms with van der Waals surface area (Å²) in [5, 5.41) is 13.2. The number of carbonyl (C=O) groups excluding carboxylic acids is 1. The number of fused-ring (bicyclic) bond motifs is 2. The van der Waals surface area contributed by atoms with Crippen molar-refractivity contribution in [2.75, 3.05) is 6.26 Å². The molecule has 21 heavy (non-hydrogen) atoms. The third-order valence-corrected chi connectivity index (χ3v) is 6.45. The van der Waals surface area contributed by atoms with Crippen LogP contribution in [0.3, 0.4) is 0 Å². The van der Waals surface area contributed by atoms with Gasteiger partial charge in [-0.05, 0) is 43.8 Å². The molecule has 0 aromatic heterocycles. The maximum atomic E-state index is 12.6. The van der Waals surface area contributed by atoms with Crippen molar-refractivity contribution < 1.29 is 14.7 Å². The van der Waals surface area contributed by atoms with Crippen LogP contribution in [-0.2, 0) is 9.59 Å². The Morgan fingerprint density at radius 2 is 1.86 bits per heavy atom. The maximum absolute atomic E-state index is 12.6. The highest BCUT2D eigenvalue weighted by molar-refractivity contribution is 7.99. The lowest BCUT2D eigenvalue weighted by Crippen LogP contribution is -2.46. The molecule has 2 N–H and O–H groups in total. The summed E-state index contributed by atoms with van der Waals surface area (Å²) in [7, 11) is 0. The molecule has 2 saturated carbocycles. The molecule has 0 aromatic carbocycles. The van der Waals surface area contributed by atoms with Gasteiger partial charge in [-0.1, -0.05) is 18.6 Å². The number of thioether (sulfide) groups is 1. The van der Waals surface area contributed by atoms with Crippen LogP contribution in [0.1, 0.15) is 32.1 Å². The highest BCUT2D eigenvalue weighted by Gasteiger charge is 2.51. The molecule has 0 heterocycles. The molecule has 116 valence electrons. The SMILES string of the molecule is CSC1CCCC(NC(=O)C2C3C=CC(C3)C2C(=O)O)C1. The van der Waals surface area contributed by atoms with E-state index in [1.807, 2.05) is 23.9 Å². The van der Waals surface area contributed by atoms with E-state index in [4.69, 9.17) is 0 Å². The molecule has 0 spiro atoms. The van der Waals surface area contributed by atoms with E-state index in [0.29, 0.717) is 5.25 Å². The van der Waals surface area contributed by atoms with Crippen LogP contribution in [0, 0.1) is 23.7 Å². The fourth-order valence-electron chi connectivity index (χ4n) is 4.30. The summed E-state index contributed by atoms with van der Waals surface area (Å²) in [6, 6.07) is 0.223. The molecule has 0 saturated heterocycles. The van der Waals surface area contributed by atoms with Gasteiger partial charge in [-0.25, -0.2) is 0 Å². The number of carboxylic acids is 1. The zero-order valence-electron chi connectivity index (χ0n) is 12.3. The largest absolute Gasteiger partial charge is 0.481 e. The second kappa shape index (κ2) is 6.03. The predicted molar refractivity (Wildman–Crippen MR) is 83.1 cm³/mol. The average Bonchev–Trinajstić information content (AvgIpc) is 3.07. The Kier molecular flexibility index (Phi) is 4.29. The van der Waals surface area contributed by atoms with Crippen molar-refractivity contribution in [3.8, 4) is 0 Å². The highest BCUT2D eigenvalue weighted by atomic mass is 32.2. The number of allylic oxidation sites excluding steroid dienone is 2. The van der Waals surface area contributed by atoms with Crippen molar-refractivity contribution in [3.05, 3.63) is 12.2 Å². The molecule has 0 aliphatic heterocycles. The van der Waals surface area contributed by atoms with Gasteiger partial charge in [0, 0.05) is 11.3 Å². The fraction of sp³-hybridized carbons (Fsp3) is 0.750. The normalized spacial score (nSPS) is 41.2. The molecule has 2 bridgehead atoms. The standard InChI is InChI=1S/C16H23NO3S/c1-21-12-4-2-3-11(8-12)17-15(18)13-9-5-6-10(7-9)14(13)16(19)20/h5-6,9-14H,2-4,7-8H2,1H3,(H,17,18)(H,19,20). The van der Waals surface area contributed by atoms with Crippen LogP contribution >= 0.6 is 11.8 Å². The molecule has 3 aliphatic rings. The van der Waals surface area contributed by atoms with Crippen molar-refractivity contribution >= 4 is 23.6 Å². The summed E-state index contributed by atoms with van der Waals surface area (Å²) in [4.78, 5) is 24.1. The first-order valence-electron chi connectivity index (χ1n) is 7.84. The predicted octanol–water partition coefficient (Wildman–Crippen LogP) is 2.30. The van der Waals surface area contributed by atoms with Crippen molar-refractivity contribution in [2.24, 2.45) is 23.7 Å². The minimum Gasteiger partial charge on any atom is -0.481 e. The molecule has 1 amide bonds. The Morgan fingerprint density at radius 3 is 2.52 bits per heavy atom. The Bertz CT molecular complexity index is 464. The zero-order valence-corrected chi connectivity index (χ0v) is 13.1. The molecule has 5 heteroatoms. The summed E-state index contributed by atoms with van der Waals surface area (Å²) in [5.74, 6) is -1.58. The number of aliphatic carboxylic acids is 1. The van der Waals surface area contributed by atoms with Gasteiger partial charge in [0.1, 0.15) is 0 Å². The highest BCUT2D eigenvalue weighted by Crippen LogP contribution is 2.48. The van der Waals surface area contributed by atoms with E-state index in [1.54, 1.807) is 0 Å². The van der Waals surface area contributed by atoms with Gasteiger partial charge in [0.2, 0.25) is 5.91 Å². The van der Waals surface area contributed by atoms with E-state index in [0.717, 1.165) is 25.7 Å². The quantitative estimate of drug-likeness (QED) is 0.782. The molecule has 3 rings (SSSR count). The van der Waals surface area contributed by atoms with Gasteiger partial charge in [0.05, 0.1) is 11.8 Å². The zero-order chi connectivity index (χ0) is 15.0. The van der Waals surface area contributed by atoms with Crippen LogP contribution in [0.15, 0.2) is 12.2 Å². The third kappa shape index (κ3) is 2.85. The number of carboxylic acid groups (broad SMARTS) is 1. The van der Waals surface area contributed by atoms with Crippen LogP contribution in [0.5, 0.6) is 0 Å². The topological polar surface area (TPSA) is 66.4 Å². The minimum atomic E-state index is -0.822. The van der Waals surface area contributed by atoms with E-state index < -0.39 is 11.9 Å². The fourth-order valence-corrected chi connectivity index (χ4v) is 5.13. The lowest BCUT2D eigenvalue weighted by Gasteiger charge is -2.31. The monoisotopic (exact) mass is 309 g/mol. The van der Waals surface area contributed by atoms with Gasteiger partial charge in [0.15, 0.2) is 0 Å². The van der Waals surface area contributed by atoms with Crippen LogP contribution in [-0.4, -0.2) is 34.5 Å². The first kappa shape index (κ1) is 14.9.